The highest BCUT2D eigenvalue weighted by Crippen LogP contribution is 2.27. The fourth-order valence-electron chi connectivity index (χ4n) is 3.02. The summed E-state index contributed by atoms with van der Waals surface area (Å²) in [5.41, 5.74) is 3.57. The first kappa shape index (κ1) is 22.4. The van der Waals surface area contributed by atoms with E-state index in [1.165, 1.54) is 11.3 Å². The van der Waals surface area contributed by atoms with Crippen LogP contribution in [0, 0.1) is 5.41 Å². The van der Waals surface area contributed by atoms with Crippen LogP contribution in [-0.2, 0) is 11.3 Å². The van der Waals surface area contributed by atoms with Crippen LogP contribution in [0.2, 0.25) is 0 Å². The predicted molar refractivity (Wildman–Crippen MR) is 131 cm³/mol. The third kappa shape index (κ3) is 5.72. The summed E-state index contributed by atoms with van der Waals surface area (Å²) in [6.07, 6.45) is 3.64. The normalized spacial score (nSPS) is 11.2. The second kappa shape index (κ2) is 9.38. The number of anilines is 2. The summed E-state index contributed by atoms with van der Waals surface area (Å²) in [5.74, 6) is -0.245. The van der Waals surface area contributed by atoms with Crippen LogP contribution in [-0.4, -0.2) is 26.6 Å². The van der Waals surface area contributed by atoms with Crippen LogP contribution < -0.4 is 10.6 Å². The predicted octanol–water partition coefficient (Wildman–Crippen LogP) is 5.29. The lowest BCUT2D eigenvalue weighted by molar-refractivity contribution is -0.123. The van der Waals surface area contributed by atoms with E-state index in [4.69, 9.17) is 0 Å². The molecule has 0 bridgehead atoms. The number of nitrogens with one attached hydrogen (secondary N) is 2. The first-order valence-corrected chi connectivity index (χ1v) is 11.4. The number of thiazole rings is 1. The molecule has 0 fully saturated rings. The van der Waals surface area contributed by atoms with Gasteiger partial charge in [-0.25, -0.2) is 4.98 Å². The first-order valence-electron chi connectivity index (χ1n) is 10.5. The van der Waals surface area contributed by atoms with Crippen molar-refractivity contribution in [2.24, 2.45) is 5.41 Å². The standard InChI is InChI=1S/C25H25N5O2S/c1-25(2,3)23(32)27-20-11-9-18(10-12-20)21-16-33-24(28-21)29-22(31)19-7-5-17(6-8-19)15-30-14-4-13-26-30/h4-14,16H,15H2,1-3H3,(H,27,32)(H,28,29,31). The van der Waals surface area contributed by atoms with Crippen molar-refractivity contribution in [2.45, 2.75) is 27.3 Å². The Labute approximate surface area is 196 Å². The molecular formula is C25H25N5O2S. The second-order valence-corrected chi connectivity index (χ2v) is 9.53. The Morgan fingerprint density at radius 3 is 2.36 bits per heavy atom. The first-order chi connectivity index (χ1) is 15.8. The summed E-state index contributed by atoms with van der Waals surface area (Å²) in [5, 5.41) is 12.4. The van der Waals surface area contributed by atoms with E-state index in [0.717, 1.165) is 22.5 Å². The summed E-state index contributed by atoms with van der Waals surface area (Å²) in [7, 11) is 0. The Bertz CT molecular complexity index is 1240. The highest BCUT2D eigenvalue weighted by molar-refractivity contribution is 7.14. The molecule has 2 N–H and O–H groups in total. The molecule has 168 valence electrons. The Kier molecular flexibility index (Phi) is 6.37. The number of benzene rings is 2. The number of hydrogen-bond acceptors (Lipinski definition) is 5. The van der Waals surface area contributed by atoms with Crippen molar-refractivity contribution in [3.05, 3.63) is 83.5 Å². The molecule has 0 radical (unpaired) electrons. The second-order valence-electron chi connectivity index (χ2n) is 8.67. The average molecular weight is 460 g/mol. The smallest absolute Gasteiger partial charge is 0.257 e. The molecule has 0 spiro atoms. The summed E-state index contributed by atoms with van der Waals surface area (Å²) in [4.78, 5) is 29.3. The molecule has 2 aromatic heterocycles. The van der Waals surface area contributed by atoms with E-state index in [-0.39, 0.29) is 11.8 Å². The lowest BCUT2D eigenvalue weighted by Gasteiger charge is -2.17. The molecule has 2 amide bonds. The van der Waals surface area contributed by atoms with E-state index in [1.54, 1.807) is 18.3 Å². The zero-order chi connectivity index (χ0) is 23.4. The number of nitrogens with zero attached hydrogens (tertiary/aromatic N) is 3. The van der Waals surface area contributed by atoms with Crippen LogP contribution in [0.4, 0.5) is 10.8 Å². The van der Waals surface area contributed by atoms with Gasteiger partial charge in [-0.1, -0.05) is 45.0 Å². The maximum atomic E-state index is 12.6. The molecule has 2 aromatic carbocycles. The molecule has 0 saturated carbocycles. The highest BCUT2D eigenvalue weighted by atomic mass is 32.1. The van der Waals surface area contributed by atoms with Gasteiger partial charge in [-0.15, -0.1) is 11.3 Å². The van der Waals surface area contributed by atoms with Crippen LogP contribution in [0.15, 0.2) is 72.4 Å². The number of rotatable bonds is 6. The lowest BCUT2D eigenvalue weighted by atomic mass is 9.95. The Morgan fingerprint density at radius 2 is 1.73 bits per heavy atom. The SMILES string of the molecule is CC(C)(C)C(=O)Nc1ccc(-c2csc(NC(=O)c3ccc(Cn4cccn4)cc3)n2)cc1. The molecule has 0 aliphatic rings. The third-order valence-corrected chi connectivity index (χ3v) is 5.72. The zero-order valence-corrected chi connectivity index (χ0v) is 19.5. The largest absolute Gasteiger partial charge is 0.326 e. The molecule has 33 heavy (non-hydrogen) atoms. The van der Waals surface area contributed by atoms with E-state index < -0.39 is 5.41 Å². The van der Waals surface area contributed by atoms with Crippen molar-refractivity contribution < 1.29 is 9.59 Å². The molecule has 0 atom stereocenters. The number of carbonyl (C=O) groups is 2. The van der Waals surface area contributed by atoms with Crippen molar-refractivity contribution in [1.82, 2.24) is 14.8 Å². The van der Waals surface area contributed by atoms with Gasteiger partial charge in [0.1, 0.15) is 0 Å². The molecule has 0 unspecified atom stereocenters. The van der Waals surface area contributed by atoms with Gasteiger partial charge in [0, 0.05) is 40.0 Å². The Balaban J connectivity index is 1.37. The van der Waals surface area contributed by atoms with Gasteiger partial charge in [-0.3, -0.25) is 19.6 Å². The van der Waals surface area contributed by atoms with Gasteiger partial charge in [0.2, 0.25) is 5.91 Å². The molecule has 0 aliphatic carbocycles. The molecule has 0 saturated heterocycles. The fourth-order valence-corrected chi connectivity index (χ4v) is 3.73. The zero-order valence-electron chi connectivity index (χ0n) is 18.7. The van der Waals surface area contributed by atoms with Gasteiger partial charge < -0.3 is 5.32 Å². The number of amides is 2. The maximum absolute atomic E-state index is 12.6. The van der Waals surface area contributed by atoms with Crippen molar-refractivity contribution in [2.75, 3.05) is 10.6 Å². The average Bonchev–Trinajstić information content (AvgIpc) is 3.46. The molecular weight excluding hydrogens is 434 g/mol. The molecule has 2 heterocycles. The van der Waals surface area contributed by atoms with Crippen LogP contribution in [0.1, 0.15) is 36.7 Å². The minimum atomic E-state index is -0.458. The van der Waals surface area contributed by atoms with Crippen LogP contribution in [0.25, 0.3) is 11.3 Å². The van der Waals surface area contributed by atoms with E-state index in [1.807, 2.05) is 79.5 Å². The summed E-state index contributed by atoms with van der Waals surface area (Å²) < 4.78 is 1.83. The third-order valence-electron chi connectivity index (χ3n) is 4.96. The van der Waals surface area contributed by atoms with Crippen LogP contribution in [0.5, 0.6) is 0 Å². The summed E-state index contributed by atoms with van der Waals surface area (Å²) in [6, 6.07) is 16.8. The van der Waals surface area contributed by atoms with Gasteiger partial charge in [0.05, 0.1) is 12.2 Å². The van der Waals surface area contributed by atoms with Crippen molar-refractivity contribution in [3.63, 3.8) is 0 Å². The highest BCUT2D eigenvalue weighted by Gasteiger charge is 2.21. The van der Waals surface area contributed by atoms with E-state index in [0.29, 0.717) is 17.2 Å². The van der Waals surface area contributed by atoms with Crippen LogP contribution in [0.3, 0.4) is 0 Å². The van der Waals surface area contributed by atoms with Crippen molar-refractivity contribution in [3.8, 4) is 11.3 Å². The molecule has 4 rings (SSSR count). The maximum Gasteiger partial charge on any atom is 0.257 e. The minimum Gasteiger partial charge on any atom is -0.326 e. The topological polar surface area (TPSA) is 88.9 Å². The van der Waals surface area contributed by atoms with Gasteiger partial charge in [0.25, 0.3) is 5.91 Å². The summed E-state index contributed by atoms with van der Waals surface area (Å²) in [6.45, 7) is 6.27. The van der Waals surface area contributed by atoms with Gasteiger partial charge in [0.15, 0.2) is 5.13 Å². The quantitative estimate of drug-likeness (QED) is 0.410. The van der Waals surface area contributed by atoms with Crippen LogP contribution >= 0.6 is 11.3 Å². The molecule has 0 aliphatic heterocycles. The number of hydrogen-bond donors (Lipinski definition) is 2. The van der Waals surface area contributed by atoms with Gasteiger partial charge >= 0.3 is 0 Å². The molecule has 8 heteroatoms. The Morgan fingerprint density at radius 1 is 1.00 bits per heavy atom. The lowest BCUT2D eigenvalue weighted by Crippen LogP contribution is -2.27. The van der Waals surface area contributed by atoms with E-state index in [9.17, 15) is 9.59 Å². The summed E-state index contributed by atoms with van der Waals surface area (Å²) >= 11 is 1.37. The number of aromatic nitrogens is 3. The van der Waals surface area contributed by atoms with Gasteiger partial charge in [-0.2, -0.15) is 5.10 Å². The molecule has 4 aromatic rings. The van der Waals surface area contributed by atoms with E-state index in [2.05, 4.69) is 20.7 Å². The van der Waals surface area contributed by atoms with Crippen molar-refractivity contribution in [1.29, 1.82) is 0 Å². The monoisotopic (exact) mass is 459 g/mol. The van der Waals surface area contributed by atoms with Gasteiger partial charge in [-0.05, 0) is 35.9 Å². The number of carbonyl (C=O) groups excluding carboxylic acids is 2. The molecule has 7 nitrogen and oxygen atoms in total. The Hall–Kier alpha value is -3.78. The van der Waals surface area contributed by atoms with E-state index >= 15 is 0 Å². The minimum absolute atomic E-state index is 0.0386. The fraction of sp³-hybridized carbons (Fsp3) is 0.200. The van der Waals surface area contributed by atoms with Crippen molar-refractivity contribution >= 4 is 34.0 Å².